The molecule has 1 saturated heterocycles. The number of rotatable bonds is 7. The quantitative estimate of drug-likeness (QED) is 0.351. The second kappa shape index (κ2) is 9.62. The Balaban J connectivity index is 1.33. The Kier molecular flexibility index (Phi) is 6.54. The molecule has 0 spiro atoms. The number of aliphatic hydroxyl groups is 2. The summed E-state index contributed by atoms with van der Waals surface area (Å²) in [6.45, 7) is 6.04. The second-order valence-corrected chi connectivity index (χ2v) is 10.1. The van der Waals surface area contributed by atoms with Crippen LogP contribution in [0.3, 0.4) is 0 Å². The van der Waals surface area contributed by atoms with Gasteiger partial charge in [-0.3, -0.25) is 0 Å². The highest BCUT2D eigenvalue weighted by atomic mass is 32.2. The van der Waals surface area contributed by atoms with Crippen molar-refractivity contribution in [3.63, 3.8) is 0 Å². The minimum absolute atomic E-state index is 0.174. The van der Waals surface area contributed by atoms with Gasteiger partial charge in [0.1, 0.15) is 30.0 Å². The number of hydrogen-bond acceptors (Lipinski definition) is 9. The highest BCUT2D eigenvalue weighted by molar-refractivity contribution is 7.98. The molecular weight excluding hydrogens is 466 g/mol. The molecule has 0 amide bonds. The van der Waals surface area contributed by atoms with Crippen LogP contribution in [0.25, 0.3) is 22.4 Å². The molecule has 1 aliphatic rings. The molecule has 9 nitrogen and oxygen atoms in total. The third-order valence-corrected chi connectivity index (χ3v) is 7.51. The van der Waals surface area contributed by atoms with Gasteiger partial charge in [0.2, 0.25) is 0 Å². The largest absolute Gasteiger partial charge is 0.387 e. The van der Waals surface area contributed by atoms with Crippen molar-refractivity contribution in [3.05, 3.63) is 59.7 Å². The Morgan fingerprint density at radius 3 is 2.66 bits per heavy atom. The van der Waals surface area contributed by atoms with E-state index in [9.17, 15) is 10.2 Å². The zero-order valence-electron chi connectivity index (χ0n) is 19.8. The molecule has 5 rings (SSSR count). The molecule has 4 aromatic rings. The van der Waals surface area contributed by atoms with Crippen LogP contribution in [0.5, 0.6) is 0 Å². The first-order valence-corrected chi connectivity index (χ1v) is 12.7. The zero-order valence-corrected chi connectivity index (χ0v) is 20.6. The average molecular weight is 496 g/mol. The van der Waals surface area contributed by atoms with Crippen LogP contribution in [0, 0.1) is 6.92 Å². The summed E-state index contributed by atoms with van der Waals surface area (Å²) in [6.07, 6.45) is -0.192. The highest BCUT2D eigenvalue weighted by Crippen LogP contribution is 2.38. The number of aryl methyl sites for hydroxylation is 1. The number of thioether (sulfide) groups is 1. The van der Waals surface area contributed by atoms with E-state index in [1.807, 2.05) is 43.5 Å². The van der Waals surface area contributed by atoms with Crippen molar-refractivity contribution in [1.82, 2.24) is 19.7 Å². The molecule has 4 atom stereocenters. The van der Waals surface area contributed by atoms with Crippen molar-refractivity contribution in [1.29, 1.82) is 0 Å². The predicted molar refractivity (Wildman–Crippen MR) is 135 cm³/mol. The molecule has 0 saturated carbocycles. The lowest BCUT2D eigenvalue weighted by Crippen LogP contribution is -2.32. The fraction of sp³-hybridized carbons (Fsp3) is 0.400. The molecule has 10 heteroatoms. The lowest BCUT2D eigenvalue weighted by molar-refractivity contribution is -0.0286. The van der Waals surface area contributed by atoms with Crippen LogP contribution in [0.1, 0.15) is 42.8 Å². The normalized spacial score (nSPS) is 22.5. The summed E-state index contributed by atoms with van der Waals surface area (Å²) in [4.78, 5) is 8.52. The van der Waals surface area contributed by atoms with Crippen LogP contribution in [0.15, 0.2) is 47.4 Å². The van der Waals surface area contributed by atoms with Crippen LogP contribution in [0.4, 0.5) is 5.82 Å². The van der Waals surface area contributed by atoms with Crippen molar-refractivity contribution in [2.24, 2.45) is 0 Å². The van der Waals surface area contributed by atoms with Gasteiger partial charge in [-0.1, -0.05) is 49.3 Å². The number of nitrogens with zero attached hydrogens (tertiary/aromatic N) is 4. The Morgan fingerprint density at radius 2 is 1.91 bits per heavy atom. The highest BCUT2D eigenvalue weighted by Gasteiger charge is 2.44. The lowest BCUT2D eigenvalue weighted by atomic mass is 10.0. The number of hydrogen-bond donors (Lipinski definition) is 3. The monoisotopic (exact) mass is 495 g/mol. The van der Waals surface area contributed by atoms with Gasteiger partial charge in [-0.15, -0.1) is 0 Å². The maximum Gasteiger partial charge on any atom is 0.171 e. The van der Waals surface area contributed by atoms with Crippen LogP contribution in [-0.2, 0) is 10.5 Å². The van der Waals surface area contributed by atoms with Gasteiger partial charge in [-0.05, 0) is 18.4 Å². The molecule has 4 N–H and O–H groups in total. The van der Waals surface area contributed by atoms with Gasteiger partial charge in [-0.25, -0.2) is 9.97 Å². The number of nitrogens with two attached hydrogens (primary N) is 1. The Hall–Kier alpha value is -2.92. The third-order valence-electron chi connectivity index (χ3n) is 6.45. The summed E-state index contributed by atoms with van der Waals surface area (Å²) in [7, 11) is 0. The van der Waals surface area contributed by atoms with Gasteiger partial charge in [0, 0.05) is 28.8 Å². The van der Waals surface area contributed by atoms with Crippen molar-refractivity contribution in [2.45, 2.75) is 57.0 Å². The average Bonchev–Trinajstić information content (AvgIpc) is 3.50. The molecular formula is C25H29N5O4S. The van der Waals surface area contributed by atoms with E-state index < -0.39 is 24.5 Å². The SMILES string of the molecule is Cc1noc(-c2ccccc2)c1CSC[C@H]1O[C@@H](n2cc(C(C)C)c3c(N)ncnc32)[C@H](O)[C@@H]1O. The van der Waals surface area contributed by atoms with Gasteiger partial charge < -0.3 is 29.8 Å². The summed E-state index contributed by atoms with van der Waals surface area (Å²) in [5.41, 5.74) is 10.5. The van der Waals surface area contributed by atoms with E-state index in [1.54, 1.807) is 16.3 Å². The first-order valence-electron chi connectivity index (χ1n) is 11.6. The van der Waals surface area contributed by atoms with E-state index in [0.717, 1.165) is 33.5 Å². The number of benzene rings is 1. The fourth-order valence-corrected chi connectivity index (χ4v) is 5.69. The summed E-state index contributed by atoms with van der Waals surface area (Å²) in [5.74, 6) is 2.43. The maximum absolute atomic E-state index is 10.9. The minimum atomic E-state index is -1.11. The molecule has 0 unspecified atom stereocenters. The molecule has 35 heavy (non-hydrogen) atoms. The Bertz CT molecular complexity index is 1320. The van der Waals surface area contributed by atoms with Crippen molar-refractivity contribution in [2.75, 3.05) is 11.5 Å². The topological polar surface area (TPSA) is 132 Å². The van der Waals surface area contributed by atoms with Crippen LogP contribution < -0.4 is 5.73 Å². The standard InChI is InChI=1S/C25H29N5O4S/c1-13(2)16-9-30(24-19(16)23(26)27-12-28-24)25-21(32)20(31)18(33-25)11-35-10-17-14(3)29-34-22(17)15-7-5-4-6-8-15/h4-9,12-13,18,20-21,25,31-32H,10-11H2,1-3H3,(H2,26,27,28)/t18-,20-,21-,25-/m1/s1. The zero-order chi connectivity index (χ0) is 24.7. The molecule has 1 aromatic carbocycles. The first kappa shape index (κ1) is 23.8. The molecule has 0 aliphatic carbocycles. The smallest absolute Gasteiger partial charge is 0.171 e. The number of fused-ring (bicyclic) bond motifs is 1. The fourth-order valence-electron chi connectivity index (χ4n) is 4.52. The van der Waals surface area contributed by atoms with E-state index in [4.69, 9.17) is 15.0 Å². The maximum atomic E-state index is 10.9. The van der Waals surface area contributed by atoms with Crippen molar-refractivity contribution in [3.8, 4) is 11.3 Å². The van der Waals surface area contributed by atoms with Crippen LogP contribution >= 0.6 is 11.8 Å². The third kappa shape index (κ3) is 4.31. The van der Waals surface area contributed by atoms with E-state index >= 15 is 0 Å². The molecule has 4 heterocycles. The van der Waals surface area contributed by atoms with Gasteiger partial charge in [0.05, 0.1) is 17.2 Å². The van der Waals surface area contributed by atoms with Gasteiger partial charge in [0.25, 0.3) is 0 Å². The van der Waals surface area contributed by atoms with Crippen LogP contribution in [-0.4, -0.2) is 54.0 Å². The number of aliphatic hydroxyl groups excluding tert-OH is 2. The number of nitrogen functional groups attached to an aromatic ring is 1. The second-order valence-electron chi connectivity index (χ2n) is 9.11. The lowest BCUT2D eigenvalue weighted by Gasteiger charge is -2.17. The van der Waals surface area contributed by atoms with E-state index in [2.05, 4.69) is 29.0 Å². The van der Waals surface area contributed by atoms with Crippen molar-refractivity contribution < 1.29 is 19.5 Å². The van der Waals surface area contributed by atoms with E-state index in [1.165, 1.54) is 6.33 Å². The van der Waals surface area contributed by atoms with Gasteiger partial charge in [0.15, 0.2) is 12.0 Å². The molecule has 184 valence electrons. The van der Waals surface area contributed by atoms with Crippen molar-refractivity contribution >= 4 is 28.6 Å². The number of ether oxygens (including phenoxy) is 1. The van der Waals surface area contributed by atoms with E-state index in [0.29, 0.717) is 23.0 Å². The first-order chi connectivity index (χ1) is 16.9. The Labute approximate surface area is 207 Å². The molecule has 0 radical (unpaired) electrons. The molecule has 3 aromatic heterocycles. The summed E-state index contributed by atoms with van der Waals surface area (Å²) >= 11 is 1.60. The summed E-state index contributed by atoms with van der Waals surface area (Å²) < 4.78 is 13.5. The molecule has 1 fully saturated rings. The number of anilines is 1. The van der Waals surface area contributed by atoms with Gasteiger partial charge in [-0.2, -0.15) is 11.8 Å². The summed E-state index contributed by atoms with van der Waals surface area (Å²) in [6, 6.07) is 9.86. The Morgan fingerprint density at radius 1 is 1.14 bits per heavy atom. The number of aromatic nitrogens is 4. The molecule has 0 bridgehead atoms. The molecule has 1 aliphatic heterocycles. The van der Waals surface area contributed by atoms with Gasteiger partial charge >= 0.3 is 0 Å². The van der Waals surface area contributed by atoms with E-state index in [-0.39, 0.29) is 5.92 Å². The van der Waals surface area contributed by atoms with Crippen LogP contribution in [0.2, 0.25) is 0 Å². The minimum Gasteiger partial charge on any atom is -0.387 e. The predicted octanol–water partition coefficient (Wildman–Crippen LogP) is 3.65. The summed E-state index contributed by atoms with van der Waals surface area (Å²) in [5, 5.41) is 26.6.